The zero-order valence-electron chi connectivity index (χ0n) is 14.0. The third-order valence-electron chi connectivity index (χ3n) is 4.48. The van der Waals surface area contributed by atoms with Gasteiger partial charge in [0.25, 0.3) is 0 Å². The lowest BCUT2D eigenvalue weighted by atomic mass is 9.83. The van der Waals surface area contributed by atoms with Gasteiger partial charge in [0.2, 0.25) is 5.91 Å². The summed E-state index contributed by atoms with van der Waals surface area (Å²) in [4.78, 5) is 22.9. The molecule has 0 unspecified atom stereocenters. The Morgan fingerprint density at radius 2 is 1.78 bits per heavy atom. The Hall–Kier alpha value is -1.88. The van der Waals surface area contributed by atoms with Crippen molar-refractivity contribution in [1.29, 1.82) is 0 Å². The van der Waals surface area contributed by atoms with Gasteiger partial charge < -0.3 is 9.80 Å². The van der Waals surface area contributed by atoms with E-state index in [1.165, 1.54) is 4.88 Å². The molecule has 5 heteroatoms. The van der Waals surface area contributed by atoms with Crippen molar-refractivity contribution in [2.24, 2.45) is 0 Å². The molecule has 0 radical (unpaired) electrons. The molecule has 0 aliphatic carbocycles. The van der Waals surface area contributed by atoms with Gasteiger partial charge in [-0.15, -0.1) is 11.3 Å². The van der Waals surface area contributed by atoms with Crippen molar-refractivity contribution in [2.45, 2.75) is 26.2 Å². The molecule has 1 aliphatic heterocycles. The van der Waals surface area contributed by atoms with Crippen LogP contribution < -0.4 is 4.90 Å². The van der Waals surface area contributed by atoms with Crippen LogP contribution in [0.25, 0.3) is 0 Å². The molecule has 1 aromatic heterocycles. The van der Waals surface area contributed by atoms with E-state index in [1.807, 2.05) is 55.3 Å². The Kier molecular flexibility index (Phi) is 4.39. The largest absolute Gasteiger partial charge is 0.345 e. The summed E-state index contributed by atoms with van der Waals surface area (Å²) in [5.41, 5.74) is 0.587. The average Bonchev–Trinajstić information content (AvgIpc) is 3.01. The monoisotopic (exact) mass is 329 g/mol. The maximum absolute atomic E-state index is 13.0. The van der Waals surface area contributed by atoms with E-state index in [4.69, 9.17) is 0 Å². The second-order valence-corrected chi connectivity index (χ2v) is 7.74. The Balaban J connectivity index is 1.66. The third kappa shape index (κ3) is 3.24. The SMILES string of the molecule is Cc1cnc(N2CCN(C(=O)C(C)(C)c3ccccc3)CC2)s1. The normalized spacial score (nSPS) is 15.8. The Morgan fingerprint density at radius 1 is 1.13 bits per heavy atom. The quantitative estimate of drug-likeness (QED) is 0.868. The van der Waals surface area contributed by atoms with Crippen LogP contribution in [0.4, 0.5) is 5.13 Å². The first-order valence-corrected chi connectivity index (χ1v) is 8.82. The molecular weight excluding hydrogens is 306 g/mol. The highest BCUT2D eigenvalue weighted by atomic mass is 32.1. The van der Waals surface area contributed by atoms with Crippen LogP contribution in [0.5, 0.6) is 0 Å². The molecule has 1 aromatic carbocycles. The van der Waals surface area contributed by atoms with Crippen molar-refractivity contribution >= 4 is 22.4 Å². The number of hydrogen-bond donors (Lipinski definition) is 0. The number of carbonyl (C=O) groups excluding carboxylic acids is 1. The molecule has 23 heavy (non-hydrogen) atoms. The Bertz CT molecular complexity index is 673. The zero-order chi connectivity index (χ0) is 16.4. The number of hydrogen-bond acceptors (Lipinski definition) is 4. The van der Waals surface area contributed by atoms with Gasteiger partial charge in [-0.25, -0.2) is 4.98 Å². The highest BCUT2D eigenvalue weighted by Crippen LogP contribution is 2.27. The van der Waals surface area contributed by atoms with Crippen molar-refractivity contribution in [1.82, 2.24) is 9.88 Å². The highest BCUT2D eigenvalue weighted by molar-refractivity contribution is 7.15. The van der Waals surface area contributed by atoms with Gasteiger partial charge >= 0.3 is 0 Å². The first kappa shape index (κ1) is 16.0. The first-order chi connectivity index (χ1) is 11.0. The Labute approximate surface area is 141 Å². The van der Waals surface area contributed by atoms with Gasteiger partial charge in [-0.05, 0) is 26.3 Å². The maximum Gasteiger partial charge on any atom is 0.232 e. The molecule has 0 spiro atoms. The molecule has 1 saturated heterocycles. The number of amides is 1. The molecule has 3 rings (SSSR count). The molecular formula is C18H23N3OS. The van der Waals surface area contributed by atoms with Crippen molar-refractivity contribution in [3.63, 3.8) is 0 Å². The molecule has 0 bridgehead atoms. The first-order valence-electron chi connectivity index (χ1n) is 8.01. The Morgan fingerprint density at radius 3 is 2.35 bits per heavy atom. The minimum Gasteiger partial charge on any atom is -0.345 e. The standard InChI is InChI=1S/C18H23N3OS/c1-14-13-19-17(23-14)21-11-9-20(10-12-21)16(22)18(2,3)15-7-5-4-6-8-15/h4-8,13H,9-12H2,1-3H3. The number of aryl methyl sites for hydroxylation is 1. The number of aromatic nitrogens is 1. The number of piperazine rings is 1. The predicted molar refractivity (Wildman–Crippen MR) is 95.1 cm³/mol. The molecule has 0 N–H and O–H groups in total. The minimum atomic E-state index is -0.485. The summed E-state index contributed by atoms with van der Waals surface area (Å²) >= 11 is 1.72. The van der Waals surface area contributed by atoms with Crippen LogP contribution in [0.15, 0.2) is 36.5 Å². The van der Waals surface area contributed by atoms with E-state index in [1.54, 1.807) is 11.3 Å². The van der Waals surface area contributed by atoms with Crippen LogP contribution in [-0.2, 0) is 10.2 Å². The molecule has 1 amide bonds. The average molecular weight is 329 g/mol. The lowest BCUT2D eigenvalue weighted by Gasteiger charge is -2.38. The van der Waals surface area contributed by atoms with Gasteiger partial charge in [-0.3, -0.25) is 4.79 Å². The fraction of sp³-hybridized carbons (Fsp3) is 0.444. The molecule has 4 nitrogen and oxygen atoms in total. The third-order valence-corrected chi connectivity index (χ3v) is 5.45. The number of carbonyl (C=O) groups is 1. The molecule has 2 aromatic rings. The van der Waals surface area contributed by atoms with E-state index in [9.17, 15) is 4.79 Å². The van der Waals surface area contributed by atoms with E-state index in [2.05, 4.69) is 16.8 Å². The highest BCUT2D eigenvalue weighted by Gasteiger charge is 2.35. The molecule has 1 aliphatic rings. The maximum atomic E-state index is 13.0. The smallest absolute Gasteiger partial charge is 0.232 e. The van der Waals surface area contributed by atoms with Crippen LogP contribution >= 0.6 is 11.3 Å². The van der Waals surface area contributed by atoms with E-state index >= 15 is 0 Å². The number of thiazole rings is 1. The topological polar surface area (TPSA) is 36.4 Å². The van der Waals surface area contributed by atoms with Crippen LogP contribution in [-0.4, -0.2) is 42.0 Å². The number of benzene rings is 1. The lowest BCUT2D eigenvalue weighted by molar-refractivity contribution is -0.136. The second-order valence-electron chi connectivity index (χ2n) is 6.52. The molecule has 122 valence electrons. The molecule has 1 fully saturated rings. The molecule has 0 atom stereocenters. The van der Waals surface area contributed by atoms with E-state index in [0.717, 1.165) is 36.9 Å². The summed E-state index contributed by atoms with van der Waals surface area (Å²) in [5, 5.41) is 1.07. The molecule has 0 saturated carbocycles. The van der Waals surface area contributed by atoms with Crippen molar-refractivity contribution < 1.29 is 4.79 Å². The van der Waals surface area contributed by atoms with Crippen molar-refractivity contribution in [2.75, 3.05) is 31.1 Å². The summed E-state index contributed by atoms with van der Waals surface area (Å²) < 4.78 is 0. The van der Waals surface area contributed by atoms with Crippen LogP contribution in [0.1, 0.15) is 24.3 Å². The summed E-state index contributed by atoms with van der Waals surface area (Å²) in [6.45, 7) is 9.32. The van der Waals surface area contributed by atoms with Gasteiger partial charge in [0, 0.05) is 37.3 Å². The molecule has 2 heterocycles. The van der Waals surface area contributed by atoms with Crippen LogP contribution in [0.3, 0.4) is 0 Å². The van der Waals surface area contributed by atoms with Crippen molar-refractivity contribution in [3.8, 4) is 0 Å². The van der Waals surface area contributed by atoms with Gasteiger partial charge in [-0.2, -0.15) is 0 Å². The van der Waals surface area contributed by atoms with Gasteiger partial charge in [0.05, 0.1) is 5.41 Å². The van der Waals surface area contributed by atoms with Gasteiger partial charge in [-0.1, -0.05) is 30.3 Å². The number of nitrogens with zero attached hydrogens (tertiary/aromatic N) is 3. The fourth-order valence-electron chi connectivity index (χ4n) is 2.96. The van der Waals surface area contributed by atoms with Gasteiger partial charge in [0.15, 0.2) is 5.13 Å². The summed E-state index contributed by atoms with van der Waals surface area (Å²) in [6, 6.07) is 10.0. The second kappa shape index (κ2) is 6.32. The summed E-state index contributed by atoms with van der Waals surface area (Å²) in [7, 11) is 0. The fourth-order valence-corrected chi connectivity index (χ4v) is 3.77. The minimum absolute atomic E-state index is 0.207. The van der Waals surface area contributed by atoms with Crippen molar-refractivity contribution in [3.05, 3.63) is 47.0 Å². The number of anilines is 1. The van der Waals surface area contributed by atoms with Crippen LogP contribution in [0.2, 0.25) is 0 Å². The van der Waals surface area contributed by atoms with E-state index in [-0.39, 0.29) is 5.91 Å². The zero-order valence-corrected chi connectivity index (χ0v) is 14.8. The van der Waals surface area contributed by atoms with Crippen LogP contribution in [0, 0.1) is 6.92 Å². The summed E-state index contributed by atoms with van der Waals surface area (Å²) in [6.07, 6.45) is 1.91. The number of rotatable bonds is 3. The van der Waals surface area contributed by atoms with Gasteiger partial charge in [0.1, 0.15) is 0 Å². The van der Waals surface area contributed by atoms with E-state index in [0.29, 0.717) is 0 Å². The predicted octanol–water partition coefficient (Wildman–Crippen LogP) is 3.08. The van der Waals surface area contributed by atoms with E-state index < -0.39 is 5.41 Å². The summed E-state index contributed by atoms with van der Waals surface area (Å²) in [5.74, 6) is 0.207. The lowest BCUT2D eigenvalue weighted by Crippen LogP contribution is -2.53.